The zero-order valence-corrected chi connectivity index (χ0v) is 13.3. The highest BCUT2D eigenvalue weighted by Gasteiger charge is 2.36. The zero-order chi connectivity index (χ0) is 18.0. The number of ether oxygens (including phenoxy) is 2. The van der Waals surface area contributed by atoms with Gasteiger partial charge in [0.1, 0.15) is 5.75 Å². The number of rotatable bonds is 4. The molecule has 2 unspecified atom stereocenters. The lowest BCUT2D eigenvalue weighted by molar-refractivity contribution is -0.275. The van der Waals surface area contributed by atoms with Crippen molar-refractivity contribution in [3.63, 3.8) is 0 Å². The Morgan fingerprint density at radius 1 is 1.04 bits per heavy atom. The number of esters is 2. The summed E-state index contributed by atoms with van der Waals surface area (Å²) in [6.45, 7) is 0. The predicted molar refractivity (Wildman–Crippen MR) is 81.4 cm³/mol. The molecular weight excluding hydrogens is 337 g/mol. The van der Waals surface area contributed by atoms with Crippen LogP contribution in [0.4, 0.5) is 13.2 Å². The molecule has 0 spiro atoms. The highest BCUT2D eigenvalue weighted by molar-refractivity contribution is 5.88. The molecule has 3 rings (SSSR count). The van der Waals surface area contributed by atoms with Crippen LogP contribution in [0, 0.1) is 17.8 Å². The minimum Gasteiger partial charge on any atom is -0.405 e. The van der Waals surface area contributed by atoms with Crippen LogP contribution in [-0.4, -0.2) is 18.3 Å². The monoisotopic (exact) mass is 354 g/mol. The first kappa shape index (κ1) is 17.5. The second-order valence-corrected chi connectivity index (χ2v) is 6.43. The number of benzene rings is 1. The molecule has 25 heavy (non-hydrogen) atoms. The fourth-order valence-electron chi connectivity index (χ4n) is 3.49. The largest absolute Gasteiger partial charge is 0.573 e. The number of hydrogen-bond donors (Lipinski definition) is 0. The molecule has 2 atom stereocenters. The first-order valence-corrected chi connectivity index (χ1v) is 8.06. The minimum atomic E-state index is -4.86. The number of carbonyl (C=O) groups excluding carboxylic acids is 2. The van der Waals surface area contributed by atoms with Gasteiger partial charge in [0.05, 0.1) is 12.3 Å². The van der Waals surface area contributed by atoms with Crippen LogP contribution in [-0.2, 0) is 20.7 Å². The SMILES string of the molecule is O=C(Cc1ccccc1OC(F)(F)F)OC(=O)C1CC2C=CC(C2)C1. The number of carbonyl (C=O) groups is 2. The molecule has 0 radical (unpaired) electrons. The Hall–Kier alpha value is -2.31. The summed E-state index contributed by atoms with van der Waals surface area (Å²) in [5, 5.41) is 0. The van der Waals surface area contributed by atoms with Crippen molar-refractivity contribution in [2.75, 3.05) is 0 Å². The van der Waals surface area contributed by atoms with E-state index in [1.807, 2.05) is 0 Å². The molecule has 2 aliphatic rings. The van der Waals surface area contributed by atoms with Crippen molar-refractivity contribution in [3.05, 3.63) is 42.0 Å². The molecule has 0 N–H and O–H groups in total. The van der Waals surface area contributed by atoms with E-state index >= 15 is 0 Å². The van der Waals surface area contributed by atoms with Crippen molar-refractivity contribution < 1.29 is 32.2 Å². The first-order chi connectivity index (χ1) is 11.8. The Morgan fingerprint density at radius 2 is 1.68 bits per heavy atom. The summed E-state index contributed by atoms with van der Waals surface area (Å²) in [5.41, 5.74) is 0.0167. The van der Waals surface area contributed by atoms with Gasteiger partial charge in [0.25, 0.3) is 0 Å². The molecule has 4 nitrogen and oxygen atoms in total. The average molecular weight is 354 g/mol. The molecule has 1 aromatic carbocycles. The lowest BCUT2D eigenvalue weighted by Gasteiger charge is -2.25. The molecule has 2 aliphatic carbocycles. The van der Waals surface area contributed by atoms with E-state index in [9.17, 15) is 22.8 Å². The predicted octanol–water partition coefficient (Wildman–Crippen LogP) is 3.80. The van der Waals surface area contributed by atoms with Gasteiger partial charge in [0, 0.05) is 5.56 Å². The fourth-order valence-corrected chi connectivity index (χ4v) is 3.49. The summed E-state index contributed by atoms with van der Waals surface area (Å²) in [7, 11) is 0. The highest BCUT2D eigenvalue weighted by atomic mass is 19.4. The van der Waals surface area contributed by atoms with E-state index in [1.54, 1.807) is 0 Å². The van der Waals surface area contributed by atoms with Crippen molar-refractivity contribution in [3.8, 4) is 5.75 Å². The molecule has 0 aromatic heterocycles. The molecule has 1 fully saturated rings. The Morgan fingerprint density at radius 3 is 2.32 bits per heavy atom. The maximum atomic E-state index is 12.4. The summed E-state index contributed by atoms with van der Waals surface area (Å²) in [5.74, 6) is -1.62. The van der Waals surface area contributed by atoms with Gasteiger partial charge in [-0.3, -0.25) is 9.59 Å². The number of alkyl halides is 3. The molecule has 134 valence electrons. The van der Waals surface area contributed by atoms with Gasteiger partial charge in [0.2, 0.25) is 0 Å². The number of para-hydroxylation sites is 1. The lowest BCUT2D eigenvalue weighted by Crippen LogP contribution is -2.28. The number of allylic oxidation sites excluding steroid dienone is 2. The third-order valence-electron chi connectivity index (χ3n) is 4.52. The third kappa shape index (κ3) is 4.61. The maximum absolute atomic E-state index is 12.4. The Kier molecular flexibility index (Phi) is 4.83. The molecule has 0 amide bonds. The Bertz CT molecular complexity index is 682. The molecule has 1 aromatic rings. The van der Waals surface area contributed by atoms with Crippen LogP contribution in [0.3, 0.4) is 0 Å². The van der Waals surface area contributed by atoms with Crippen LogP contribution in [0.15, 0.2) is 36.4 Å². The van der Waals surface area contributed by atoms with Gasteiger partial charge in [-0.2, -0.15) is 0 Å². The number of fused-ring (bicyclic) bond motifs is 2. The maximum Gasteiger partial charge on any atom is 0.573 e. The van der Waals surface area contributed by atoms with E-state index in [-0.39, 0.29) is 11.5 Å². The molecule has 0 heterocycles. The third-order valence-corrected chi connectivity index (χ3v) is 4.52. The zero-order valence-electron chi connectivity index (χ0n) is 13.3. The normalized spacial score (nSPS) is 24.8. The van der Waals surface area contributed by atoms with Gasteiger partial charge in [-0.25, -0.2) is 0 Å². The molecular formula is C18H17F3O4. The topological polar surface area (TPSA) is 52.6 Å². The van der Waals surface area contributed by atoms with Crippen LogP contribution < -0.4 is 4.74 Å². The van der Waals surface area contributed by atoms with E-state index < -0.39 is 30.5 Å². The van der Waals surface area contributed by atoms with E-state index in [2.05, 4.69) is 16.9 Å². The summed E-state index contributed by atoms with van der Waals surface area (Å²) in [4.78, 5) is 24.1. The van der Waals surface area contributed by atoms with Gasteiger partial charge >= 0.3 is 18.3 Å². The van der Waals surface area contributed by atoms with Crippen molar-refractivity contribution in [1.82, 2.24) is 0 Å². The van der Waals surface area contributed by atoms with E-state index in [1.165, 1.54) is 18.2 Å². The Balaban J connectivity index is 1.58. The van der Waals surface area contributed by atoms with Gasteiger partial charge in [-0.1, -0.05) is 30.4 Å². The highest BCUT2D eigenvalue weighted by Crippen LogP contribution is 2.40. The molecule has 0 saturated heterocycles. The van der Waals surface area contributed by atoms with Crippen LogP contribution in [0.5, 0.6) is 5.75 Å². The minimum absolute atomic E-state index is 0.0167. The van der Waals surface area contributed by atoms with Gasteiger partial charge < -0.3 is 9.47 Å². The van der Waals surface area contributed by atoms with Crippen LogP contribution in [0.1, 0.15) is 24.8 Å². The molecule has 2 bridgehead atoms. The van der Waals surface area contributed by atoms with Crippen LogP contribution in [0.25, 0.3) is 0 Å². The van der Waals surface area contributed by atoms with Crippen molar-refractivity contribution in [2.24, 2.45) is 17.8 Å². The summed E-state index contributed by atoms with van der Waals surface area (Å²) in [6, 6.07) is 5.30. The van der Waals surface area contributed by atoms with Gasteiger partial charge in [-0.15, -0.1) is 13.2 Å². The van der Waals surface area contributed by atoms with Gasteiger partial charge in [0.15, 0.2) is 0 Å². The second-order valence-electron chi connectivity index (χ2n) is 6.43. The first-order valence-electron chi connectivity index (χ1n) is 8.06. The van der Waals surface area contributed by atoms with E-state index in [0.29, 0.717) is 24.7 Å². The second kappa shape index (κ2) is 6.90. The smallest absolute Gasteiger partial charge is 0.405 e. The fraction of sp³-hybridized carbons (Fsp3) is 0.444. The number of hydrogen-bond acceptors (Lipinski definition) is 4. The molecule has 7 heteroatoms. The summed E-state index contributed by atoms with van der Waals surface area (Å²) < 4.78 is 45.9. The number of halogens is 3. The molecule has 1 saturated carbocycles. The molecule has 0 aliphatic heterocycles. The van der Waals surface area contributed by atoms with E-state index in [0.717, 1.165) is 12.5 Å². The van der Waals surface area contributed by atoms with Crippen molar-refractivity contribution in [1.29, 1.82) is 0 Å². The Labute approximate surface area is 142 Å². The van der Waals surface area contributed by atoms with Crippen LogP contribution in [0.2, 0.25) is 0 Å². The van der Waals surface area contributed by atoms with Crippen molar-refractivity contribution >= 4 is 11.9 Å². The van der Waals surface area contributed by atoms with Gasteiger partial charge in [-0.05, 0) is 37.2 Å². The average Bonchev–Trinajstić information content (AvgIpc) is 2.86. The summed E-state index contributed by atoms with van der Waals surface area (Å²) in [6.07, 6.45) is 1.18. The lowest BCUT2D eigenvalue weighted by atomic mass is 9.80. The quantitative estimate of drug-likeness (QED) is 0.469. The van der Waals surface area contributed by atoms with E-state index in [4.69, 9.17) is 4.74 Å². The van der Waals surface area contributed by atoms with Crippen molar-refractivity contribution in [2.45, 2.75) is 32.0 Å². The van der Waals surface area contributed by atoms with Crippen LogP contribution >= 0.6 is 0 Å². The standard InChI is InChI=1S/C18H17F3O4/c19-18(20,21)25-15-4-2-1-3-13(15)10-16(22)24-17(23)14-8-11-5-6-12(7-11)9-14/h1-6,11-12,14H,7-10H2. The summed E-state index contributed by atoms with van der Waals surface area (Å²) >= 11 is 0.